The lowest BCUT2D eigenvalue weighted by atomic mass is 10.1. The molecule has 1 N–H and O–H groups in total. The van der Waals surface area contributed by atoms with Gasteiger partial charge in [-0.05, 0) is 29.8 Å². The number of benzene rings is 2. The van der Waals surface area contributed by atoms with Crippen LogP contribution in [-0.2, 0) is 6.42 Å². The van der Waals surface area contributed by atoms with Gasteiger partial charge in [0, 0.05) is 17.1 Å². The maximum Gasteiger partial charge on any atom is 0.123 e. The lowest BCUT2D eigenvalue weighted by molar-refractivity contribution is 0.259. The second kappa shape index (κ2) is 4.94. The Morgan fingerprint density at radius 3 is 2.89 bits per heavy atom. The number of rotatable bonds is 3. The summed E-state index contributed by atoms with van der Waals surface area (Å²) in [6.07, 6.45) is 1.21. The molecule has 92 valence electrons. The molecule has 1 heterocycles. The predicted molar refractivity (Wildman–Crippen MR) is 73.4 cm³/mol. The molecule has 1 unspecified atom stereocenters. The van der Waals surface area contributed by atoms with Crippen molar-refractivity contribution in [3.63, 3.8) is 0 Å². The standard InChI is InChI=1S/C15H14O2S/c16-12-5-3-6-14(9-12)18-10-13-8-11-4-1-2-7-15(11)17-13/h1-7,9,13,16H,8,10H2. The van der Waals surface area contributed by atoms with Crippen LogP contribution in [0, 0.1) is 0 Å². The minimum atomic E-state index is 0.231. The Hall–Kier alpha value is -1.61. The highest BCUT2D eigenvalue weighted by molar-refractivity contribution is 7.99. The van der Waals surface area contributed by atoms with Crippen LogP contribution in [0.25, 0.3) is 0 Å². The molecule has 0 aliphatic carbocycles. The van der Waals surface area contributed by atoms with Crippen LogP contribution in [-0.4, -0.2) is 17.0 Å². The maximum absolute atomic E-state index is 9.40. The predicted octanol–water partition coefficient (Wildman–Crippen LogP) is 3.49. The summed E-state index contributed by atoms with van der Waals surface area (Å²) in [7, 11) is 0. The summed E-state index contributed by atoms with van der Waals surface area (Å²) in [5.41, 5.74) is 1.29. The van der Waals surface area contributed by atoms with E-state index in [0.29, 0.717) is 5.75 Å². The van der Waals surface area contributed by atoms with Crippen molar-refractivity contribution in [1.29, 1.82) is 0 Å². The van der Waals surface area contributed by atoms with Crippen LogP contribution in [0.5, 0.6) is 11.5 Å². The summed E-state index contributed by atoms with van der Waals surface area (Å²) < 4.78 is 5.88. The number of hydrogen-bond donors (Lipinski definition) is 1. The van der Waals surface area contributed by atoms with E-state index < -0.39 is 0 Å². The molecule has 2 aromatic carbocycles. The molecule has 3 heteroatoms. The number of ether oxygens (including phenoxy) is 1. The van der Waals surface area contributed by atoms with E-state index in [1.807, 2.05) is 30.3 Å². The van der Waals surface area contributed by atoms with Gasteiger partial charge in [-0.1, -0.05) is 24.3 Å². The second-order valence-corrected chi connectivity index (χ2v) is 5.45. The Morgan fingerprint density at radius 2 is 2.06 bits per heavy atom. The van der Waals surface area contributed by atoms with Crippen LogP contribution in [0.2, 0.25) is 0 Å². The van der Waals surface area contributed by atoms with E-state index in [0.717, 1.165) is 22.8 Å². The average Bonchev–Trinajstić information content (AvgIpc) is 2.79. The van der Waals surface area contributed by atoms with Crippen molar-refractivity contribution in [2.45, 2.75) is 17.4 Å². The van der Waals surface area contributed by atoms with Crippen molar-refractivity contribution in [3.8, 4) is 11.5 Å². The molecule has 2 nitrogen and oxygen atoms in total. The number of aromatic hydroxyl groups is 1. The van der Waals surface area contributed by atoms with Crippen molar-refractivity contribution in [3.05, 3.63) is 54.1 Å². The molecule has 0 fully saturated rings. The second-order valence-electron chi connectivity index (χ2n) is 4.36. The SMILES string of the molecule is Oc1cccc(SCC2Cc3ccccc3O2)c1. The van der Waals surface area contributed by atoms with Crippen LogP contribution < -0.4 is 4.74 Å². The molecule has 18 heavy (non-hydrogen) atoms. The van der Waals surface area contributed by atoms with E-state index in [-0.39, 0.29) is 6.10 Å². The number of fused-ring (bicyclic) bond motifs is 1. The lowest BCUT2D eigenvalue weighted by Gasteiger charge is -2.10. The molecule has 3 rings (SSSR count). The molecule has 0 saturated carbocycles. The zero-order valence-electron chi connectivity index (χ0n) is 9.87. The van der Waals surface area contributed by atoms with Crippen molar-refractivity contribution >= 4 is 11.8 Å². The highest BCUT2D eigenvalue weighted by Gasteiger charge is 2.22. The fraction of sp³-hybridized carbons (Fsp3) is 0.200. The minimum Gasteiger partial charge on any atom is -0.508 e. The first-order valence-electron chi connectivity index (χ1n) is 5.97. The van der Waals surface area contributed by atoms with Gasteiger partial charge >= 0.3 is 0 Å². The topological polar surface area (TPSA) is 29.5 Å². The van der Waals surface area contributed by atoms with E-state index in [2.05, 4.69) is 6.07 Å². The van der Waals surface area contributed by atoms with Gasteiger partial charge in [0.05, 0.1) is 0 Å². The van der Waals surface area contributed by atoms with E-state index in [4.69, 9.17) is 4.74 Å². The molecule has 0 bridgehead atoms. The van der Waals surface area contributed by atoms with Gasteiger partial charge in [-0.25, -0.2) is 0 Å². The fourth-order valence-corrected chi connectivity index (χ4v) is 3.05. The Bertz CT molecular complexity index is 529. The van der Waals surface area contributed by atoms with Crippen molar-refractivity contribution in [2.75, 3.05) is 5.75 Å². The molecule has 0 amide bonds. The van der Waals surface area contributed by atoms with Crippen LogP contribution in [0.3, 0.4) is 0 Å². The van der Waals surface area contributed by atoms with E-state index in [1.165, 1.54) is 5.56 Å². The zero-order valence-corrected chi connectivity index (χ0v) is 10.7. The number of thioether (sulfide) groups is 1. The van der Waals surface area contributed by atoms with Crippen molar-refractivity contribution < 1.29 is 9.84 Å². The molecular weight excluding hydrogens is 244 g/mol. The quantitative estimate of drug-likeness (QED) is 0.855. The Labute approximate surface area is 111 Å². The maximum atomic E-state index is 9.40. The molecule has 0 radical (unpaired) electrons. The average molecular weight is 258 g/mol. The number of para-hydroxylation sites is 1. The van der Waals surface area contributed by atoms with Crippen LogP contribution >= 0.6 is 11.8 Å². The largest absolute Gasteiger partial charge is 0.508 e. The Balaban J connectivity index is 1.60. The molecule has 1 aliphatic heterocycles. The summed E-state index contributed by atoms with van der Waals surface area (Å²) in [6.45, 7) is 0. The van der Waals surface area contributed by atoms with Crippen LogP contribution in [0.15, 0.2) is 53.4 Å². The van der Waals surface area contributed by atoms with Gasteiger partial charge in [-0.2, -0.15) is 0 Å². The van der Waals surface area contributed by atoms with Crippen LogP contribution in [0.1, 0.15) is 5.56 Å². The van der Waals surface area contributed by atoms with Gasteiger partial charge in [0.15, 0.2) is 0 Å². The molecular formula is C15H14O2S. The Kier molecular flexibility index (Phi) is 3.15. The highest BCUT2D eigenvalue weighted by atomic mass is 32.2. The number of hydrogen-bond acceptors (Lipinski definition) is 3. The normalized spacial score (nSPS) is 17.2. The van der Waals surface area contributed by atoms with Gasteiger partial charge in [0.25, 0.3) is 0 Å². The lowest BCUT2D eigenvalue weighted by Crippen LogP contribution is -2.15. The summed E-state index contributed by atoms with van der Waals surface area (Å²) in [4.78, 5) is 1.08. The first kappa shape index (κ1) is 11.5. The van der Waals surface area contributed by atoms with Crippen molar-refractivity contribution in [2.24, 2.45) is 0 Å². The number of phenols is 1. The van der Waals surface area contributed by atoms with Gasteiger partial charge in [-0.15, -0.1) is 11.8 Å². The van der Waals surface area contributed by atoms with Gasteiger partial charge in [-0.3, -0.25) is 0 Å². The first-order valence-corrected chi connectivity index (χ1v) is 6.96. The highest BCUT2D eigenvalue weighted by Crippen LogP contribution is 2.31. The summed E-state index contributed by atoms with van der Waals surface area (Å²) in [5, 5.41) is 9.40. The minimum absolute atomic E-state index is 0.231. The van der Waals surface area contributed by atoms with Crippen molar-refractivity contribution in [1.82, 2.24) is 0 Å². The molecule has 0 aromatic heterocycles. The molecule has 1 atom stereocenters. The molecule has 0 saturated heterocycles. The third-order valence-electron chi connectivity index (χ3n) is 2.97. The Morgan fingerprint density at radius 1 is 1.17 bits per heavy atom. The molecule has 2 aromatic rings. The third kappa shape index (κ3) is 2.46. The van der Waals surface area contributed by atoms with Gasteiger partial charge in [0.2, 0.25) is 0 Å². The van der Waals surface area contributed by atoms with E-state index in [1.54, 1.807) is 23.9 Å². The fourth-order valence-electron chi connectivity index (χ4n) is 2.11. The summed E-state index contributed by atoms with van der Waals surface area (Å²) in [6, 6.07) is 15.5. The smallest absolute Gasteiger partial charge is 0.123 e. The van der Waals surface area contributed by atoms with Gasteiger partial charge < -0.3 is 9.84 Å². The third-order valence-corrected chi connectivity index (χ3v) is 4.09. The monoisotopic (exact) mass is 258 g/mol. The first-order chi connectivity index (χ1) is 8.81. The molecule has 1 aliphatic rings. The zero-order chi connectivity index (χ0) is 12.4. The van der Waals surface area contributed by atoms with E-state index >= 15 is 0 Å². The summed E-state index contributed by atoms with van der Waals surface area (Å²) in [5.74, 6) is 2.23. The van der Waals surface area contributed by atoms with Crippen LogP contribution in [0.4, 0.5) is 0 Å². The number of phenolic OH excluding ortho intramolecular Hbond substituents is 1. The summed E-state index contributed by atoms with van der Waals surface area (Å²) >= 11 is 1.72. The van der Waals surface area contributed by atoms with Gasteiger partial charge in [0.1, 0.15) is 17.6 Å². The molecule has 0 spiro atoms. The van der Waals surface area contributed by atoms with E-state index in [9.17, 15) is 5.11 Å².